The van der Waals surface area contributed by atoms with Gasteiger partial charge in [-0.1, -0.05) is 60.7 Å². The van der Waals surface area contributed by atoms with Crippen LogP contribution in [0.2, 0.25) is 0 Å². The van der Waals surface area contributed by atoms with Crippen LogP contribution in [0.15, 0.2) is 71.4 Å². The van der Waals surface area contributed by atoms with E-state index in [1.807, 2.05) is 6.07 Å². The summed E-state index contributed by atoms with van der Waals surface area (Å²) in [7, 11) is 0. The Bertz CT molecular complexity index is 815. The number of hydrogen-bond donors (Lipinski definition) is 1. The second-order valence-corrected chi connectivity index (χ2v) is 6.33. The zero-order valence-electron chi connectivity index (χ0n) is 14.8. The highest BCUT2D eigenvalue weighted by Gasteiger charge is 2.34. The minimum atomic E-state index is 0. The molecule has 2 heterocycles. The Morgan fingerprint density at radius 3 is 2.33 bits per heavy atom. The van der Waals surface area contributed by atoms with E-state index in [2.05, 4.69) is 69.8 Å². The molecular formula is C19H23Cl2N5O. The fourth-order valence-corrected chi connectivity index (χ4v) is 3.41. The maximum Gasteiger partial charge on any atom is 0.360 e. The molecule has 2 N–H and O–H groups in total. The number of aromatic nitrogens is 2. The van der Waals surface area contributed by atoms with Crippen molar-refractivity contribution in [3.63, 3.8) is 0 Å². The number of anilines is 1. The lowest BCUT2D eigenvalue weighted by atomic mass is 10.0. The molecule has 1 unspecified atom stereocenters. The zero-order valence-corrected chi connectivity index (χ0v) is 16.4. The third-order valence-electron chi connectivity index (χ3n) is 4.64. The van der Waals surface area contributed by atoms with E-state index >= 15 is 0 Å². The Balaban J connectivity index is 0.00000131. The van der Waals surface area contributed by atoms with Crippen molar-refractivity contribution in [3.8, 4) is 0 Å². The van der Waals surface area contributed by atoms with Gasteiger partial charge < -0.3 is 16.9 Å². The number of nitrogen functional groups attached to an aromatic ring is 1. The summed E-state index contributed by atoms with van der Waals surface area (Å²) >= 11 is 0. The van der Waals surface area contributed by atoms with Gasteiger partial charge in [-0.2, -0.15) is 0 Å². The maximum absolute atomic E-state index is 6.02. The largest absolute Gasteiger partial charge is 1.00 e. The minimum absolute atomic E-state index is 0. The first-order valence-electron chi connectivity index (χ1n) is 8.51. The van der Waals surface area contributed by atoms with Crippen LogP contribution in [0.25, 0.3) is 0 Å². The normalized spacial score (nSPS) is 17.0. The zero-order chi connectivity index (χ0) is 17.1. The molecule has 2 aromatic carbocycles. The topological polar surface area (TPSA) is 62.4 Å². The number of halogens is 2. The molecule has 1 fully saturated rings. The van der Waals surface area contributed by atoms with Crippen LogP contribution in [0, 0.1) is 0 Å². The second-order valence-electron chi connectivity index (χ2n) is 6.33. The number of piperazine rings is 1. The predicted octanol–water partition coefficient (Wildman–Crippen LogP) is -0.835. The molecule has 1 aliphatic rings. The van der Waals surface area contributed by atoms with Crippen molar-refractivity contribution >= 4 is 18.2 Å². The highest BCUT2D eigenvalue weighted by atomic mass is 35.5. The Morgan fingerprint density at radius 2 is 1.70 bits per heavy atom. The molecule has 27 heavy (non-hydrogen) atoms. The third-order valence-corrected chi connectivity index (χ3v) is 4.64. The highest BCUT2D eigenvalue weighted by Crippen LogP contribution is 2.23. The molecule has 8 heteroatoms. The first-order chi connectivity index (χ1) is 12.3. The SMILES string of the molecule is Cl.Nc1con[n+]1N1CCN(Cc2ccccc2)CC1c1ccccc1.[Cl-]. The molecule has 0 spiro atoms. The maximum atomic E-state index is 6.02. The van der Waals surface area contributed by atoms with Crippen molar-refractivity contribution in [1.29, 1.82) is 0 Å². The number of nitrogens with zero attached hydrogens (tertiary/aromatic N) is 4. The van der Waals surface area contributed by atoms with Crippen LogP contribution >= 0.6 is 12.4 Å². The Kier molecular flexibility index (Phi) is 7.47. The Labute approximate surface area is 171 Å². The average molecular weight is 408 g/mol. The van der Waals surface area contributed by atoms with Crippen LogP contribution < -0.4 is 27.9 Å². The van der Waals surface area contributed by atoms with Gasteiger partial charge in [0.25, 0.3) is 0 Å². The lowest BCUT2D eigenvalue weighted by molar-refractivity contribution is -0.751. The molecule has 1 aliphatic heterocycles. The smallest absolute Gasteiger partial charge is 0.360 e. The van der Waals surface area contributed by atoms with Crippen LogP contribution in [0.3, 0.4) is 0 Å². The van der Waals surface area contributed by atoms with Crippen molar-refractivity contribution in [3.05, 3.63) is 78.1 Å². The van der Waals surface area contributed by atoms with Crippen LogP contribution in [-0.2, 0) is 6.54 Å². The summed E-state index contributed by atoms with van der Waals surface area (Å²) in [6.45, 7) is 3.61. The van der Waals surface area contributed by atoms with Crippen LogP contribution in [0.1, 0.15) is 17.2 Å². The predicted molar refractivity (Wildman–Crippen MR) is 102 cm³/mol. The third kappa shape index (κ3) is 4.71. The summed E-state index contributed by atoms with van der Waals surface area (Å²) < 4.78 is 5.04. The first kappa shape index (κ1) is 21.0. The number of rotatable bonds is 4. The van der Waals surface area contributed by atoms with Gasteiger partial charge in [0.05, 0.1) is 6.54 Å². The second kappa shape index (κ2) is 9.60. The molecule has 4 rings (SSSR count). The van der Waals surface area contributed by atoms with Gasteiger partial charge in [0.15, 0.2) is 0 Å². The Morgan fingerprint density at radius 1 is 1.04 bits per heavy atom. The van der Waals surface area contributed by atoms with Gasteiger partial charge >= 0.3 is 5.82 Å². The van der Waals surface area contributed by atoms with Crippen LogP contribution in [0.4, 0.5) is 5.82 Å². The van der Waals surface area contributed by atoms with Gasteiger partial charge in [-0.3, -0.25) is 10.6 Å². The van der Waals surface area contributed by atoms with Gasteiger partial charge in [-0.15, -0.1) is 12.4 Å². The van der Waals surface area contributed by atoms with Crippen LogP contribution in [-0.4, -0.2) is 29.8 Å². The lowest BCUT2D eigenvalue weighted by Crippen LogP contribution is -3.00. The lowest BCUT2D eigenvalue weighted by Gasteiger charge is -2.39. The van der Waals surface area contributed by atoms with E-state index in [1.54, 1.807) is 4.79 Å². The minimum Gasteiger partial charge on any atom is -1.00 e. The van der Waals surface area contributed by atoms with E-state index in [0.29, 0.717) is 5.82 Å². The van der Waals surface area contributed by atoms with Crippen molar-refractivity contribution in [2.24, 2.45) is 0 Å². The summed E-state index contributed by atoms with van der Waals surface area (Å²) in [4.78, 5) is 4.15. The summed E-state index contributed by atoms with van der Waals surface area (Å²) in [5.41, 5.74) is 8.60. The number of benzene rings is 2. The van der Waals surface area contributed by atoms with E-state index < -0.39 is 0 Å². The van der Waals surface area contributed by atoms with E-state index in [1.165, 1.54) is 17.4 Å². The van der Waals surface area contributed by atoms with Gasteiger partial charge in [-0.25, -0.2) is 5.01 Å². The fraction of sp³-hybridized carbons (Fsp3) is 0.263. The summed E-state index contributed by atoms with van der Waals surface area (Å²) in [5, 5.41) is 6.22. The summed E-state index contributed by atoms with van der Waals surface area (Å²) in [5.74, 6) is 0.512. The van der Waals surface area contributed by atoms with E-state index in [0.717, 1.165) is 26.2 Å². The first-order valence-corrected chi connectivity index (χ1v) is 8.51. The fourth-order valence-electron chi connectivity index (χ4n) is 3.41. The molecule has 0 bridgehead atoms. The molecule has 3 aromatic rings. The molecule has 0 amide bonds. The molecule has 1 atom stereocenters. The van der Waals surface area contributed by atoms with Crippen LogP contribution in [0.5, 0.6) is 0 Å². The Hall–Kier alpha value is -2.28. The van der Waals surface area contributed by atoms with Crippen molar-refractivity contribution in [2.75, 3.05) is 30.4 Å². The molecular weight excluding hydrogens is 385 g/mol. The molecule has 144 valence electrons. The van der Waals surface area contributed by atoms with Gasteiger partial charge in [-0.05, 0) is 11.1 Å². The van der Waals surface area contributed by atoms with Gasteiger partial charge in [0, 0.05) is 24.4 Å². The molecule has 6 nitrogen and oxygen atoms in total. The number of nitrogens with two attached hydrogens (primary N) is 1. The summed E-state index contributed by atoms with van der Waals surface area (Å²) in [6.07, 6.45) is 1.47. The van der Waals surface area contributed by atoms with Crippen molar-refractivity contribution in [2.45, 2.75) is 12.6 Å². The van der Waals surface area contributed by atoms with E-state index in [9.17, 15) is 0 Å². The van der Waals surface area contributed by atoms with Crippen molar-refractivity contribution < 1.29 is 21.7 Å². The molecule has 1 saturated heterocycles. The standard InChI is InChI=1S/C19H22N5O.2ClH/c20-19-15-25-21-24(19)23-12-11-22(13-16-7-3-1-4-8-16)14-18(23)17-9-5-2-6-10-17;;/h1-10,15,18H,11-14,20H2;2*1H/q+1;;/p-1. The monoisotopic (exact) mass is 407 g/mol. The van der Waals surface area contributed by atoms with E-state index in [-0.39, 0.29) is 30.9 Å². The molecule has 0 radical (unpaired) electrons. The van der Waals surface area contributed by atoms with Gasteiger partial charge in [0.2, 0.25) is 6.26 Å². The van der Waals surface area contributed by atoms with Crippen molar-refractivity contribution in [1.82, 2.24) is 10.2 Å². The molecule has 0 aliphatic carbocycles. The molecule has 0 saturated carbocycles. The quantitative estimate of drug-likeness (QED) is 0.571. The highest BCUT2D eigenvalue weighted by molar-refractivity contribution is 5.85. The molecule has 1 aromatic heterocycles. The summed E-state index contributed by atoms with van der Waals surface area (Å²) in [6, 6.07) is 21.2. The van der Waals surface area contributed by atoms with Gasteiger partial charge in [0.1, 0.15) is 11.3 Å². The number of hydrogen-bond acceptors (Lipinski definition) is 5. The van der Waals surface area contributed by atoms with E-state index in [4.69, 9.17) is 10.3 Å². The average Bonchev–Trinajstić information content (AvgIpc) is 3.09.